The van der Waals surface area contributed by atoms with E-state index in [9.17, 15) is 0 Å². The normalized spacial score (nSPS) is 12.6. The van der Waals surface area contributed by atoms with Crippen LogP contribution in [0.5, 0.6) is 0 Å². The smallest absolute Gasteiger partial charge is 0.0521 e. The van der Waals surface area contributed by atoms with E-state index in [1.807, 2.05) is 48.4 Å². The molecule has 2 rings (SSSR count). The maximum absolute atomic E-state index is 6.14. The van der Waals surface area contributed by atoms with Crippen LogP contribution in [-0.4, -0.2) is 15.8 Å². The van der Waals surface area contributed by atoms with Crippen LogP contribution in [0.3, 0.4) is 0 Å². The molecule has 1 aromatic carbocycles. The monoisotopic (exact) mass is 263 g/mol. The van der Waals surface area contributed by atoms with Gasteiger partial charge in [0, 0.05) is 24.3 Å². The summed E-state index contributed by atoms with van der Waals surface area (Å²) in [6, 6.07) is 8.06. The number of hydrogen-bond acceptors (Lipinski definition) is 2. The largest absolute Gasteiger partial charge is 0.327 e. The lowest BCUT2D eigenvalue weighted by Gasteiger charge is -2.10. The summed E-state index contributed by atoms with van der Waals surface area (Å²) in [6.45, 7) is 0. The maximum atomic E-state index is 6.14. The molecule has 0 aliphatic rings. The molecule has 1 atom stereocenters. The van der Waals surface area contributed by atoms with Crippen LogP contribution in [0.1, 0.15) is 17.5 Å². The van der Waals surface area contributed by atoms with Crippen molar-refractivity contribution in [3.05, 3.63) is 52.8 Å². The predicted octanol–water partition coefficient (Wildman–Crippen LogP) is 2.58. The topological polar surface area (TPSA) is 43.8 Å². The van der Waals surface area contributed by atoms with E-state index in [0.717, 1.165) is 24.3 Å². The molecule has 1 heterocycles. The molecule has 0 bridgehead atoms. The van der Waals surface area contributed by atoms with Crippen LogP contribution in [0.4, 0.5) is 0 Å². The molecule has 0 saturated heterocycles. The fraction of sp³-hybridized carbons (Fsp3) is 0.357. The van der Waals surface area contributed by atoms with Crippen molar-refractivity contribution in [1.29, 1.82) is 0 Å². The van der Waals surface area contributed by atoms with E-state index in [1.54, 1.807) is 0 Å². The molecule has 1 unspecified atom stereocenters. The number of benzene rings is 1. The first-order valence-electron chi connectivity index (χ1n) is 6.11. The highest BCUT2D eigenvalue weighted by Gasteiger charge is 2.05. The summed E-state index contributed by atoms with van der Waals surface area (Å²) in [5.41, 5.74) is 8.61. The summed E-state index contributed by atoms with van der Waals surface area (Å²) in [7, 11) is 1.93. The molecule has 0 radical (unpaired) electrons. The van der Waals surface area contributed by atoms with Gasteiger partial charge in [-0.3, -0.25) is 4.68 Å². The van der Waals surface area contributed by atoms with Gasteiger partial charge in [0.2, 0.25) is 0 Å². The molecule has 3 nitrogen and oxygen atoms in total. The Bertz CT molecular complexity index is 490. The SMILES string of the molecule is Cn1cc(CCC(N)Cc2ccc(Cl)cc2)cn1. The van der Waals surface area contributed by atoms with Crippen LogP contribution < -0.4 is 5.73 Å². The molecular formula is C14H18ClN3. The first kappa shape index (κ1) is 13.1. The molecule has 0 fully saturated rings. The van der Waals surface area contributed by atoms with Crippen molar-refractivity contribution >= 4 is 11.6 Å². The number of nitrogens with two attached hydrogens (primary N) is 1. The molecule has 0 aliphatic heterocycles. The van der Waals surface area contributed by atoms with Crippen molar-refractivity contribution in [3.8, 4) is 0 Å². The van der Waals surface area contributed by atoms with Crippen molar-refractivity contribution in [2.45, 2.75) is 25.3 Å². The highest BCUT2D eigenvalue weighted by Crippen LogP contribution is 2.12. The molecule has 18 heavy (non-hydrogen) atoms. The molecule has 0 saturated carbocycles. The first-order valence-corrected chi connectivity index (χ1v) is 6.49. The van der Waals surface area contributed by atoms with E-state index in [-0.39, 0.29) is 6.04 Å². The van der Waals surface area contributed by atoms with Gasteiger partial charge in [-0.05, 0) is 42.5 Å². The van der Waals surface area contributed by atoms with Crippen molar-refractivity contribution in [3.63, 3.8) is 0 Å². The summed E-state index contributed by atoms with van der Waals surface area (Å²) >= 11 is 5.85. The maximum Gasteiger partial charge on any atom is 0.0521 e. The Kier molecular flexibility index (Phi) is 4.39. The number of aryl methyl sites for hydroxylation is 2. The van der Waals surface area contributed by atoms with E-state index in [1.165, 1.54) is 11.1 Å². The van der Waals surface area contributed by atoms with Gasteiger partial charge in [-0.15, -0.1) is 0 Å². The Morgan fingerprint density at radius 3 is 2.61 bits per heavy atom. The Morgan fingerprint density at radius 2 is 2.00 bits per heavy atom. The van der Waals surface area contributed by atoms with Gasteiger partial charge < -0.3 is 5.73 Å². The Labute approximate surface area is 113 Å². The molecule has 2 N–H and O–H groups in total. The average Bonchev–Trinajstić information content (AvgIpc) is 2.76. The zero-order chi connectivity index (χ0) is 13.0. The van der Waals surface area contributed by atoms with Crippen LogP contribution in [0.2, 0.25) is 5.02 Å². The molecule has 2 aromatic rings. The molecule has 1 aromatic heterocycles. The molecule has 0 spiro atoms. The number of nitrogens with zero attached hydrogens (tertiary/aromatic N) is 2. The van der Waals surface area contributed by atoms with Crippen molar-refractivity contribution in [1.82, 2.24) is 9.78 Å². The standard InChI is InChI=1S/C14H18ClN3/c1-18-10-12(9-17-18)4-7-14(16)8-11-2-5-13(15)6-3-11/h2-3,5-6,9-10,14H,4,7-8,16H2,1H3. The summed E-state index contributed by atoms with van der Waals surface area (Å²) in [5.74, 6) is 0. The third-order valence-corrected chi connectivity index (χ3v) is 3.23. The highest BCUT2D eigenvalue weighted by molar-refractivity contribution is 6.30. The second-order valence-corrected chi connectivity index (χ2v) is 5.09. The number of rotatable bonds is 5. The number of hydrogen-bond donors (Lipinski definition) is 1. The van der Waals surface area contributed by atoms with Crippen LogP contribution in [-0.2, 0) is 19.9 Å². The lowest BCUT2D eigenvalue weighted by atomic mass is 10.0. The number of halogens is 1. The molecule has 0 amide bonds. The van der Waals surface area contributed by atoms with Gasteiger partial charge in [-0.2, -0.15) is 5.10 Å². The van der Waals surface area contributed by atoms with Crippen LogP contribution in [0.25, 0.3) is 0 Å². The predicted molar refractivity (Wildman–Crippen MR) is 74.7 cm³/mol. The molecule has 96 valence electrons. The van der Waals surface area contributed by atoms with Crippen molar-refractivity contribution in [2.24, 2.45) is 12.8 Å². The van der Waals surface area contributed by atoms with E-state index >= 15 is 0 Å². The minimum atomic E-state index is 0.173. The zero-order valence-corrected chi connectivity index (χ0v) is 11.3. The van der Waals surface area contributed by atoms with Gasteiger partial charge >= 0.3 is 0 Å². The van der Waals surface area contributed by atoms with E-state index in [4.69, 9.17) is 17.3 Å². The summed E-state index contributed by atoms with van der Waals surface area (Å²) in [5, 5.41) is 4.92. The molecule has 4 heteroatoms. The highest BCUT2D eigenvalue weighted by atomic mass is 35.5. The summed E-state index contributed by atoms with van der Waals surface area (Å²) < 4.78 is 1.82. The molecular weight excluding hydrogens is 246 g/mol. The third-order valence-electron chi connectivity index (χ3n) is 2.97. The quantitative estimate of drug-likeness (QED) is 0.901. The second-order valence-electron chi connectivity index (χ2n) is 4.65. The fourth-order valence-electron chi connectivity index (χ4n) is 1.98. The molecule has 0 aliphatic carbocycles. The van der Waals surface area contributed by atoms with Crippen molar-refractivity contribution < 1.29 is 0 Å². The Hall–Kier alpha value is -1.32. The van der Waals surface area contributed by atoms with Crippen molar-refractivity contribution in [2.75, 3.05) is 0 Å². The van der Waals surface area contributed by atoms with Gasteiger partial charge in [0.15, 0.2) is 0 Å². The van der Waals surface area contributed by atoms with Gasteiger partial charge in [-0.25, -0.2) is 0 Å². The lowest BCUT2D eigenvalue weighted by Crippen LogP contribution is -2.23. The minimum Gasteiger partial charge on any atom is -0.327 e. The van der Waals surface area contributed by atoms with Gasteiger partial charge in [0.25, 0.3) is 0 Å². The van der Waals surface area contributed by atoms with Gasteiger partial charge in [-0.1, -0.05) is 23.7 Å². The fourth-order valence-corrected chi connectivity index (χ4v) is 2.10. The average molecular weight is 264 g/mol. The zero-order valence-electron chi connectivity index (χ0n) is 10.5. The van der Waals surface area contributed by atoms with Gasteiger partial charge in [0.05, 0.1) is 6.20 Å². The Morgan fingerprint density at radius 1 is 1.28 bits per heavy atom. The number of aromatic nitrogens is 2. The summed E-state index contributed by atoms with van der Waals surface area (Å²) in [4.78, 5) is 0. The van der Waals surface area contributed by atoms with E-state index in [0.29, 0.717) is 0 Å². The van der Waals surface area contributed by atoms with Crippen LogP contribution in [0.15, 0.2) is 36.7 Å². The van der Waals surface area contributed by atoms with E-state index in [2.05, 4.69) is 5.10 Å². The van der Waals surface area contributed by atoms with Crippen LogP contribution in [0, 0.1) is 0 Å². The third kappa shape index (κ3) is 3.86. The van der Waals surface area contributed by atoms with Crippen LogP contribution >= 0.6 is 11.6 Å². The lowest BCUT2D eigenvalue weighted by molar-refractivity contribution is 0.610. The second kappa shape index (κ2) is 6.03. The van der Waals surface area contributed by atoms with Gasteiger partial charge in [0.1, 0.15) is 0 Å². The minimum absolute atomic E-state index is 0.173. The van der Waals surface area contributed by atoms with E-state index < -0.39 is 0 Å². The Balaban J connectivity index is 1.81. The first-order chi connectivity index (χ1) is 8.63. The summed E-state index contributed by atoms with van der Waals surface area (Å²) in [6.07, 6.45) is 6.76.